The number of hydrogen-bond acceptors (Lipinski definition) is 4. The second-order valence-corrected chi connectivity index (χ2v) is 7.93. The summed E-state index contributed by atoms with van der Waals surface area (Å²) in [5.74, 6) is 0.466. The van der Waals surface area contributed by atoms with Gasteiger partial charge in [-0.2, -0.15) is 0 Å². The second-order valence-electron chi connectivity index (χ2n) is 7.93. The molecule has 0 aromatic rings. The lowest BCUT2D eigenvalue weighted by Gasteiger charge is -2.10. The number of esters is 2. The fourth-order valence-corrected chi connectivity index (χ4v) is 3.42. The highest BCUT2D eigenvalue weighted by Gasteiger charge is 2.06. The smallest absolute Gasteiger partial charge is 0.305 e. The largest absolute Gasteiger partial charge is 0.469 e. The molecule has 4 nitrogen and oxygen atoms in total. The summed E-state index contributed by atoms with van der Waals surface area (Å²) < 4.78 is 9.33. The molecule has 0 saturated carbocycles. The molecule has 0 amide bonds. The van der Waals surface area contributed by atoms with E-state index in [1.807, 2.05) is 0 Å². The lowest BCUT2D eigenvalue weighted by Crippen LogP contribution is -2.04. The van der Waals surface area contributed by atoms with Gasteiger partial charge in [-0.05, 0) is 18.8 Å². The van der Waals surface area contributed by atoms with Crippen LogP contribution in [0.4, 0.5) is 0 Å². The SMILES string of the molecule is COC(=O)CCCCCCCCCCCCCCCC(C)CCC(=O)OC. The van der Waals surface area contributed by atoms with Crippen LogP contribution in [-0.4, -0.2) is 26.2 Å². The minimum absolute atomic E-state index is 0.0805. The third kappa shape index (κ3) is 19.5. The van der Waals surface area contributed by atoms with E-state index in [-0.39, 0.29) is 11.9 Å². The molecule has 0 radical (unpaired) electrons. The lowest BCUT2D eigenvalue weighted by atomic mass is 9.97. The van der Waals surface area contributed by atoms with Gasteiger partial charge in [-0.25, -0.2) is 0 Å². The van der Waals surface area contributed by atoms with Gasteiger partial charge in [0.2, 0.25) is 0 Å². The Labute approximate surface area is 167 Å². The van der Waals surface area contributed by atoms with Gasteiger partial charge in [0.15, 0.2) is 0 Å². The third-order valence-electron chi connectivity index (χ3n) is 5.37. The molecule has 0 saturated heterocycles. The van der Waals surface area contributed by atoms with Crippen LogP contribution >= 0.6 is 0 Å². The summed E-state index contributed by atoms with van der Waals surface area (Å²) in [6, 6.07) is 0. The van der Waals surface area contributed by atoms with E-state index in [2.05, 4.69) is 16.4 Å². The molecule has 1 unspecified atom stereocenters. The molecular weight excluding hydrogens is 340 g/mol. The van der Waals surface area contributed by atoms with Crippen molar-refractivity contribution in [3.05, 3.63) is 0 Å². The van der Waals surface area contributed by atoms with Gasteiger partial charge in [-0.15, -0.1) is 0 Å². The lowest BCUT2D eigenvalue weighted by molar-refractivity contribution is -0.141. The molecule has 0 rings (SSSR count). The zero-order valence-corrected chi connectivity index (χ0v) is 18.2. The quantitative estimate of drug-likeness (QED) is 0.186. The normalized spacial score (nSPS) is 12.0. The molecule has 0 heterocycles. The van der Waals surface area contributed by atoms with Crippen molar-refractivity contribution in [1.29, 1.82) is 0 Å². The van der Waals surface area contributed by atoms with Crippen LogP contribution in [-0.2, 0) is 19.1 Å². The predicted octanol–water partition coefficient (Wildman–Crippen LogP) is 6.60. The van der Waals surface area contributed by atoms with E-state index in [0.717, 1.165) is 19.3 Å². The van der Waals surface area contributed by atoms with E-state index in [0.29, 0.717) is 18.8 Å². The molecule has 0 aromatic heterocycles. The Balaban J connectivity index is 3.16. The molecule has 0 N–H and O–H groups in total. The molecule has 160 valence electrons. The number of hydrogen-bond donors (Lipinski definition) is 0. The Bertz CT molecular complexity index is 354. The summed E-state index contributed by atoms with van der Waals surface area (Å²) >= 11 is 0. The molecule has 0 aliphatic heterocycles. The fraction of sp³-hybridized carbons (Fsp3) is 0.913. The Kier molecular flexibility index (Phi) is 18.9. The maximum absolute atomic E-state index is 11.1. The molecule has 0 aliphatic carbocycles. The van der Waals surface area contributed by atoms with Crippen molar-refractivity contribution in [2.75, 3.05) is 14.2 Å². The predicted molar refractivity (Wildman–Crippen MR) is 112 cm³/mol. The molecule has 27 heavy (non-hydrogen) atoms. The van der Waals surface area contributed by atoms with Crippen LogP contribution in [0.1, 0.15) is 116 Å². The van der Waals surface area contributed by atoms with Crippen LogP contribution in [0, 0.1) is 5.92 Å². The van der Waals surface area contributed by atoms with Crippen LogP contribution in [0.3, 0.4) is 0 Å². The van der Waals surface area contributed by atoms with E-state index in [4.69, 9.17) is 0 Å². The standard InChI is InChI=1S/C23H44O4/c1-21(19-20-23(25)27-3)17-15-13-11-9-7-5-4-6-8-10-12-14-16-18-22(24)26-2/h21H,4-20H2,1-3H3. The van der Waals surface area contributed by atoms with E-state index < -0.39 is 0 Å². The van der Waals surface area contributed by atoms with Gasteiger partial charge in [-0.1, -0.05) is 90.4 Å². The molecule has 0 aliphatic rings. The molecular formula is C23H44O4. The Hall–Kier alpha value is -1.06. The topological polar surface area (TPSA) is 52.6 Å². The van der Waals surface area contributed by atoms with Crippen molar-refractivity contribution < 1.29 is 19.1 Å². The first-order valence-electron chi connectivity index (χ1n) is 11.2. The zero-order chi connectivity index (χ0) is 20.2. The molecule has 0 fully saturated rings. The van der Waals surface area contributed by atoms with E-state index in [9.17, 15) is 9.59 Å². The van der Waals surface area contributed by atoms with Crippen LogP contribution in [0.15, 0.2) is 0 Å². The highest BCUT2D eigenvalue weighted by molar-refractivity contribution is 5.69. The van der Waals surface area contributed by atoms with Gasteiger partial charge < -0.3 is 9.47 Å². The number of carbonyl (C=O) groups is 2. The zero-order valence-electron chi connectivity index (χ0n) is 18.2. The first-order chi connectivity index (χ1) is 13.1. The van der Waals surface area contributed by atoms with Crippen LogP contribution < -0.4 is 0 Å². The maximum atomic E-state index is 11.1. The average Bonchev–Trinajstić information content (AvgIpc) is 2.68. The van der Waals surface area contributed by atoms with Gasteiger partial charge in [0, 0.05) is 12.8 Å². The molecule has 0 spiro atoms. The number of ether oxygens (including phenoxy) is 2. The number of unbranched alkanes of at least 4 members (excludes halogenated alkanes) is 12. The van der Waals surface area contributed by atoms with Gasteiger partial charge >= 0.3 is 11.9 Å². The van der Waals surface area contributed by atoms with E-state index in [1.54, 1.807) is 0 Å². The van der Waals surface area contributed by atoms with Crippen molar-refractivity contribution in [3.63, 3.8) is 0 Å². The fourth-order valence-electron chi connectivity index (χ4n) is 3.42. The van der Waals surface area contributed by atoms with Gasteiger partial charge in [0.05, 0.1) is 14.2 Å². The van der Waals surface area contributed by atoms with Crippen molar-refractivity contribution in [2.45, 2.75) is 116 Å². The van der Waals surface area contributed by atoms with Crippen molar-refractivity contribution in [1.82, 2.24) is 0 Å². The Morgan fingerprint density at radius 3 is 1.37 bits per heavy atom. The monoisotopic (exact) mass is 384 g/mol. The summed E-state index contributed by atoms with van der Waals surface area (Å²) in [6.07, 6.45) is 20.1. The highest BCUT2D eigenvalue weighted by atomic mass is 16.5. The van der Waals surface area contributed by atoms with Crippen LogP contribution in [0.25, 0.3) is 0 Å². The molecule has 0 aromatic carbocycles. The second kappa shape index (κ2) is 19.7. The summed E-state index contributed by atoms with van der Waals surface area (Å²) in [5.41, 5.74) is 0. The van der Waals surface area contributed by atoms with E-state index in [1.165, 1.54) is 91.3 Å². The Morgan fingerprint density at radius 2 is 0.926 bits per heavy atom. The number of rotatable bonds is 19. The molecule has 0 bridgehead atoms. The first kappa shape index (κ1) is 25.9. The summed E-state index contributed by atoms with van der Waals surface area (Å²) in [5, 5.41) is 0. The average molecular weight is 385 g/mol. The van der Waals surface area contributed by atoms with Gasteiger partial charge in [0.25, 0.3) is 0 Å². The first-order valence-corrected chi connectivity index (χ1v) is 11.2. The maximum Gasteiger partial charge on any atom is 0.305 e. The van der Waals surface area contributed by atoms with E-state index >= 15 is 0 Å². The summed E-state index contributed by atoms with van der Waals surface area (Å²) in [6.45, 7) is 2.24. The van der Waals surface area contributed by atoms with Gasteiger partial charge in [-0.3, -0.25) is 9.59 Å². The van der Waals surface area contributed by atoms with Crippen molar-refractivity contribution in [2.24, 2.45) is 5.92 Å². The molecule has 1 atom stereocenters. The Morgan fingerprint density at radius 1 is 0.556 bits per heavy atom. The minimum Gasteiger partial charge on any atom is -0.469 e. The summed E-state index contributed by atoms with van der Waals surface area (Å²) in [4.78, 5) is 22.1. The highest BCUT2D eigenvalue weighted by Crippen LogP contribution is 2.17. The minimum atomic E-state index is -0.0829. The summed E-state index contributed by atoms with van der Waals surface area (Å²) in [7, 11) is 2.92. The van der Waals surface area contributed by atoms with Crippen LogP contribution in [0.5, 0.6) is 0 Å². The number of methoxy groups -OCH3 is 2. The van der Waals surface area contributed by atoms with Crippen molar-refractivity contribution >= 4 is 11.9 Å². The molecule has 4 heteroatoms. The van der Waals surface area contributed by atoms with Crippen LogP contribution in [0.2, 0.25) is 0 Å². The van der Waals surface area contributed by atoms with Gasteiger partial charge in [0.1, 0.15) is 0 Å². The van der Waals surface area contributed by atoms with Crippen molar-refractivity contribution in [3.8, 4) is 0 Å². The number of carbonyl (C=O) groups excluding carboxylic acids is 2. The third-order valence-corrected chi connectivity index (χ3v) is 5.37.